The summed E-state index contributed by atoms with van der Waals surface area (Å²) in [4.78, 5) is 0. The molecule has 1 atom stereocenters. The Kier molecular flexibility index (Phi) is 5.86. The molecule has 0 spiro atoms. The van der Waals surface area contributed by atoms with Crippen molar-refractivity contribution in [2.24, 2.45) is 0 Å². The van der Waals surface area contributed by atoms with Gasteiger partial charge in [0.25, 0.3) is 0 Å². The van der Waals surface area contributed by atoms with Gasteiger partial charge in [-0.3, -0.25) is 5.32 Å². The monoisotopic (exact) mass is 157 g/mol. The van der Waals surface area contributed by atoms with Crippen LogP contribution in [0.15, 0.2) is 0 Å². The highest BCUT2D eigenvalue weighted by Gasteiger charge is 2.04. The van der Waals surface area contributed by atoms with Crippen molar-refractivity contribution in [2.45, 2.75) is 19.3 Å². The molecule has 0 aromatic rings. The summed E-state index contributed by atoms with van der Waals surface area (Å²) < 4.78 is 9.88. The van der Waals surface area contributed by atoms with Gasteiger partial charge in [-0.25, -0.2) is 0 Å². The van der Waals surface area contributed by atoms with E-state index in [4.69, 9.17) is 15.9 Å². The molecule has 0 radical (unpaired) electrons. The molecule has 1 N–H and O–H groups in total. The molecule has 0 bridgehead atoms. The van der Waals surface area contributed by atoms with E-state index in [9.17, 15) is 0 Å². The van der Waals surface area contributed by atoms with Crippen molar-refractivity contribution in [3.63, 3.8) is 0 Å². The number of hydrogen-bond donors (Lipinski definition) is 1. The number of rotatable bonds is 5. The first-order valence-electron chi connectivity index (χ1n) is 3.49. The molecule has 1 unspecified atom stereocenters. The number of hydrogen-bond acceptors (Lipinski definition) is 3. The van der Waals surface area contributed by atoms with Crippen molar-refractivity contribution < 1.29 is 9.47 Å². The minimum Gasteiger partial charge on any atom is -0.355 e. The molecule has 0 amide bonds. The molecule has 0 saturated heterocycles. The van der Waals surface area contributed by atoms with Gasteiger partial charge in [-0.1, -0.05) is 5.92 Å². The van der Waals surface area contributed by atoms with Crippen molar-refractivity contribution in [3.05, 3.63) is 0 Å². The fraction of sp³-hybridized carbons (Fsp3) is 0.750. The Morgan fingerprint density at radius 3 is 2.36 bits per heavy atom. The fourth-order valence-corrected chi connectivity index (χ4v) is 0.595. The van der Waals surface area contributed by atoms with Crippen molar-refractivity contribution >= 4 is 0 Å². The van der Waals surface area contributed by atoms with Gasteiger partial charge in [0.1, 0.15) is 0 Å². The first-order valence-corrected chi connectivity index (χ1v) is 3.49. The third kappa shape index (κ3) is 4.79. The number of terminal acetylenes is 1. The summed E-state index contributed by atoms with van der Waals surface area (Å²) >= 11 is 0. The van der Waals surface area contributed by atoms with E-state index in [2.05, 4.69) is 11.2 Å². The Morgan fingerprint density at radius 2 is 2.00 bits per heavy atom. The average Bonchev–Trinajstić information content (AvgIpc) is 2.06. The van der Waals surface area contributed by atoms with Gasteiger partial charge in [0, 0.05) is 20.8 Å². The van der Waals surface area contributed by atoms with Crippen LogP contribution < -0.4 is 5.32 Å². The molecule has 0 fully saturated rings. The topological polar surface area (TPSA) is 30.5 Å². The summed E-state index contributed by atoms with van der Waals surface area (Å²) in [6.45, 7) is 2.51. The van der Waals surface area contributed by atoms with E-state index in [0.717, 1.165) is 0 Å². The molecule has 0 saturated carbocycles. The van der Waals surface area contributed by atoms with Crippen LogP contribution in [0.5, 0.6) is 0 Å². The van der Waals surface area contributed by atoms with E-state index in [0.29, 0.717) is 6.54 Å². The van der Waals surface area contributed by atoms with Crippen molar-refractivity contribution in [3.8, 4) is 12.3 Å². The maximum Gasteiger partial charge on any atom is 0.169 e. The Balaban J connectivity index is 3.44. The fourth-order valence-electron chi connectivity index (χ4n) is 0.595. The third-order valence-electron chi connectivity index (χ3n) is 1.37. The van der Waals surface area contributed by atoms with Gasteiger partial charge in [-0.15, -0.1) is 6.42 Å². The van der Waals surface area contributed by atoms with E-state index in [1.807, 2.05) is 6.92 Å². The quantitative estimate of drug-likeness (QED) is 0.457. The molecule has 0 aliphatic rings. The van der Waals surface area contributed by atoms with Crippen LogP contribution >= 0.6 is 0 Å². The SMILES string of the molecule is C#CC(C)NCC(OC)OC. The zero-order valence-corrected chi connectivity index (χ0v) is 7.26. The van der Waals surface area contributed by atoms with Gasteiger partial charge < -0.3 is 9.47 Å². The van der Waals surface area contributed by atoms with Crippen LogP contribution in [0.4, 0.5) is 0 Å². The van der Waals surface area contributed by atoms with Gasteiger partial charge in [-0.2, -0.15) is 0 Å². The third-order valence-corrected chi connectivity index (χ3v) is 1.37. The number of nitrogens with one attached hydrogen (secondary N) is 1. The molecule has 0 aliphatic heterocycles. The van der Waals surface area contributed by atoms with Gasteiger partial charge in [0.15, 0.2) is 6.29 Å². The highest BCUT2D eigenvalue weighted by molar-refractivity contribution is 4.95. The Morgan fingerprint density at radius 1 is 1.45 bits per heavy atom. The van der Waals surface area contributed by atoms with Crippen molar-refractivity contribution in [1.29, 1.82) is 0 Å². The maximum absolute atomic E-state index is 5.15. The second-order valence-corrected chi connectivity index (χ2v) is 2.20. The normalized spacial score (nSPS) is 13.0. The Bertz CT molecular complexity index is 127. The molecule has 11 heavy (non-hydrogen) atoms. The van der Waals surface area contributed by atoms with Crippen LogP contribution in [0, 0.1) is 12.3 Å². The molecule has 0 aromatic carbocycles. The van der Waals surface area contributed by atoms with E-state index in [-0.39, 0.29) is 12.3 Å². The zero-order chi connectivity index (χ0) is 8.69. The molecule has 0 aromatic heterocycles. The molecular weight excluding hydrogens is 142 g/mol. The van der Waals surface area contributed by atoms with Crippen molar-refractivity contribution in [2.75, 3.05) is 20.8 Å². The summed E-state index contributed by atoms with van der Waals surface area (Å²) in [5.74, 6) is 2.55. The molecule has 0 rings (SSSR count). The summed E-state index contributed by atoms with van der Waals surface area (Å²) in [5, 5.41) is 3.05. The Hall–Kier alpha value is -0.560. The second-order valence-electron chi connectivity index (χ2n) is 2.20. The molecule has 0 aliphatic carbocycles. The molecule has 64 valence electrons. The average molecular weight is 157 g/mol. The van der Waals surface area contributed by atoms with E-state index >= 15 is 0 Å². The van der Waals surface area contributed by atoms with Crippen LogP contribution in [-0.2, 0) is 9.47 Å². The largest absolute Gasteiger partial charge is 0.355 e. The van der Waals surface area contributed by atoms with Crippen LogP contribution in [0.3, 0.4) is 0 Å². The second kappa shape index (κ2) is 6.17. The van der Waals surface area contributed by atoms with E-state index in [1.165, 1.54) is 0 Å². The summed E-state index contributed by atoms with van der Waals surface area (Å²) in [5.41, 5.74) is 0. The summed E-state index contributed by atoms with van der Waals surface area (Å²) in [6.07, 6.45) is 4.93. The minimum atomic E-state index is -0.217. The number of methoxy groups -OCH3 is 2. The van der Waals surface area contributed by atoms with Gasteiger partial charge >= 0.3 is 0 Å². The van der Waals surface area contributed by atoms with E-state index < -0.39 is 0 Å². The zero-order valence-electron chi connectivity index (χ0n) is 7.26. The molecule has 3 heteroatoms. The highest BCUT2D eigenvalue weighted by atomic mass is 16.7. The van der Waals surface area contributed by atoms with Crippen LogP contribution in [0.1, 0.15) is 6.92 Å². The molecule has 3 nitrogen and oxygen atoms in total. The van der Waals surface area contributed by atoms with Crippen molar-refractivity contribution in [1.82, 2.24) is 5.32 Å². The molecule has 0 heterocycles. The van der Waals surface area contributed by atoms with Crippen LogP contribution in [0.2, 0.25) is 0 Å². The first-order chi connectivity index (χ1) is 5.24. The molecular formula is C8H15NO2. The predicted molar refractivity (Wildman–Crippen MR) is 44.1 cm³/mol. The van der Waals surface area contributed by atoms with Crippen LogP contribution in [0.25, 0.3) is 0 Å². The highest BCUT2D eigenvalue weighted by Crippen LogP contribution is 1.88. The lowest BCUT2D eigenvalue weighted by Gasteiger charge is -2.15. The first kappa shape index (κ1) is 10.4. The maximum atomic E-state index is 5.15. The van der Waals surface area contributed by atoms with Gasteiger partial charge in [-0.05, 0) is 6.92 Å². The standard InChI is InChI=1S/C8H15NO2/c1-5-7(2)9-6-8(10-3)11-4/h1,7-9H,6H2,2-4H3. The van der Waals surface area contributed by atoms with E-state index in [1.54, 1.807) is 14.2 Å². The Labute approximate surface area is 68.1 Å². The lowest BCUT2D eigenvalue weighted by molar-refractivity contribution is -0.0991. The van der Waals surface area contributed by atoms with Gasteiger partial charge in [0.05, 0.1) is 6.04 Å². The smallest absolute Gasteiger partial charge is 0.169 e. The summed E-state index contributed by atoms with van der Waals surface area (Å²) in [7, 11) is 3.19. The summed E-state index contributed by atoms with van der Waals surface area (Å²) in [6, 6.07) is 0.0581. The predicted octanol–water partition coefficient (Wildman–Crippen LogP) is 0.217. The lowest BCUT2D eigenvalue weighted by atomic mass is 10.3. The lowest BCUT2D eigenvalue weighted by Crippen LogP contribution is -2.34. The minimum absolute atomic E-state index is 0.0581. The van der Waals surface area contributed by atoms with Gasteiger partial charge in [0.2, 0.25) is 0 Å². The number of ether oxygens (including phenoxy) is 2. The van der Waals surface area contributed by atoms with Crippen LogP contribution in [-0.4, -0.2) is 33.1 Å².